The molecule has 0 atom stereocenters. The first-order chi connectivity index (χ1) is 7.10. The molecule has 0 spiro atoms. The predicted octanol–water partition coefficient (Wildman–Crippen LogP) is 0.936. The van der Waals surface area contributed by atoms with Crippen molar-refractivity contribution in [3.63, 3.8) is 0 Å². The summed E-state index contributed by atoms with van der Waals surface area (Å²) >= 11 is 0. The quantitative estimate of drug-likeness (QED) is 0.802. The molecule has 5 nitrogen and oxygen atoms in total. The van der Waals surface area contributed by atoms with Gasteiger partial charge in [-0.1, -0.05) is 0 Å². The van der Waals surface area contributed by atoms with Crippen LogP contribution in [-0.4, -0.2) is 30.1 Å². The van der Waals surface area contributed by atoms with Gasteiger partial charge in [0.05, 0.1) is 26.0 Å². The number of Topliss-reactive ketones (excluding diaryl/α,β-unsaturated/α-hetero) is 1. The fraction of sp³-hybridized carbons (Fsp3) is 0.400. The molecule has 0 aliphatic heterocycles. The number of ketones is 1. The van der Waals surface area contributed by atoms with Gasteiger partial charge in [-0.2, -0.15) is 0 Å². The maximum atomic E-state index is 11.0. The molecule has 82 valence electrons. The van der Waals surface area contributed by atoms with Crippen molar-refractivity contribution in [2.75, 3.05) is 14.2 Å². The van der Waals surface area contributed by atoms with Crippen molar-refractivity contribution in [2.45, 2.75) is 13.3 Å². The average Bonchev–Trinajstić information content (AvgIpc) is 2.20. The van der Waals surface area contributed by atoms with Crippen LogP contribution >= 0.6 is 0 Å². The predicted molar refractivity (Wildman–Crippen MR) is 53.4 cm³/mol. The SMILES string of the molecule is COc1ncc(O)c(CC(C)=O)c1OC. The van der Waals surface area contributed by atoms with E-state index in [1.165, 1.54) is 27.3 Å². The molecule has 0 radical (unpaired) electrons. The molecule has 0 aliphatic carbocycles. The lowest BCUT2D eigenvalue weighted by atomic mass is 10.1. The number of aromatic nitrogens is 1. The zero-order chi connectivity index (χ0) is 11.4. The fourth-order valence-corrected chi connectivity index (χ4v) is 1.28. The van der Waals surface area contributed by atoms with Crippen molar-refractivity contribution >= 4 is 5.78 Å². The minimum atomic E-state index is -0.0724. The van der Waals surface area contributed by atoms with Crippen LogP contribution in [0.15, 0.2) is 6.20 Å². The molecule has 0 amide bonds. The summed E-state index contributed by atoms with van der Waals surface area (Å²) in [5.74, 6) is 0.416. The topological polar surface area (TPSA) is 68.7 Å². The van der Waals surface area contributed by atoms with E-state index < -0.39 is 0 Å². The number of carbonyl (C=O) groups excluding carboxylic acids is 1. The smallest absolute Gasteiger partial charge is 0.257 e. The normalized spacial score (nSPS) is 9.80. The van der Waals surface area contributed by atoms with Crippen LogP contribution in [0.1, 0.15) is 12.5 Å². The number of ether oxygens (including phenoxy) is 2. The van der Waals surface area contributed by atoms with E-state index in [0.717, 1.165) is 0 Å². The number of aromatic hydroxyl groups is 1. The van der Waals surface area contributed by atoms with Crippen molar-refractivity contribution in [1.82, 2.24) is 4.98 Å². The minimum absolute atomic E-state index is 0.0668. The van der Waals surface area contributed by atoms with E-state index in [0.29, 0.717) is 11.3 Å². The van der Waals surface area contributed by atoms with Gasteiger partial charge in [0.2, 0.25) is 0 Å². The first-order valence-corrected chi connectivity index (χ1v) is 4.38. The van der Waals surface area contributed by atoms with Crippen LogP contribution in [0, 0.1) is 0 Å². The van der Waals surface area contributed by atoms with Gasteiger partial charge < -0.3 is 14.6 Å². The van der Waals surface area contributed by atoms with Gasteiger partial charge in [0.25, 0.3) is 5.88 Å². The summed E-state index contributed by atoms with van der Waals surface area (Å²) in [5, 5.41) is 9.54. The van der Waals surface area contributed by atoms with E-state index in [1.54, 1.807) is 0 Å². The summed E-state index contributed by atoms with van der Waals surface area (Å²) in [7, 11) is 2.88. The van der Waals surface area contributed by atoms with Gasteiger partial charge in [-0.25, -0.2) is 4.98 Å². The molecule has 0 unspecified atom stereocenters. The lowest BCUT2D eigenvalue weighted by Crippen LogP contribution is -2.03. The molecule has 1 N–H and O–H groups in total. The van der Waals surface area contributed by atoms with Gasteiger partial charge in [-0.15, -0.1) is 0 Å². The summed E-state index contributed by atoms with van der Waals surface area (Å²) in [6, 6.07) is 0. The number of hydrogen-bond donors (Lipinski definition) is 1. The lowest BCUT2D eigenvalue weighted by molar-refractivity contribution is -0.116. The Kier molecular flexibility index (Phi) is 3.49. The van der Waals surface area contributed by atoms with Crippen LogP contribution in [0.3, 0.4) is 0 Å². The first kappa shape index (κ1) is 11.3. The Bertz CT molecular complexity index is 376. The number of hydrogen-bond acceptors (Lipinski definition) is 5. The maximum Gasteiger partial charge on any atom is 0.257 e. The standard InChI is InChI=1S/C10H13NO4/c1-6(12)4-7-8(13)5-11-10(15-3)9(7)14-2/h5,13H,4H2,1-3H3. The minimum Gasteiger partial charge on any atom is -0.506 e. The van der Waals surface area contributed by atoms with E-state index in [1.807, 2.05) is 0 Å². The van der Waals surface area contributed by atoms with Gasteiger partial charge in [-0.05, 0) is 6.92 Å². The number of rotatable bonds is 4. The molecule has 0 saturated heterocycles. The first-order valence-electron chi connectivity index (χ1n) is 4.38. The Morgan fingerprint density at radius 3 is 2.60 bits per heavy atom. The summed E-state index contributed by atoms with van der Waals surface area (Å²) in [6.07, 6.45) is 1.33. The molecule has 1 rings (SSSR count). The molecule has 1 aromatic rings. The number of carbonyl (C=O) groups is 1. The largest absolute Gasteiger partial charge is 0.506 e. The van der Waals surface area contributed by atoms with Crippen molar-refractivity contribution in [3.05, 3.63) is 11.8 Å². The summed E-state index contributed by atoms with van der Waals surface area (Å²) in [4.78, 5) is 14.8. The second-order valence-electron chi connectivity index (χ2n) is 3.04. The zero-order valence-corrected chi connectivity index (χ0v) is 8.90. The third kappa shape index (κ3) is 2.37. The highest BCUT2D eigenvalue weighted by atomic mass is 16.5. The van der Waals surface area contributed by atoms with Gasteiger partial charge in [0.1, 0.15) is 11.5 Å². The highest BCUT2D eigenvalue weighted by Crippen LogP contribution is 2.34. The molecule has 5 heteroatoms. The van der Waals surface area contributed by atoms with Crippen LogP contribution in [0.2, 0.25) is 0 Å². The van der Waals surface area contributed by atoms with E-state index in [4.69, 9.17) is 9.47 Å². The second kappa shape index (κ2) is 4.63. The highest BCUT2D eigenvalue weighted by molar-refractivity contribution is 5.80. The van der Waals surface area contributed by atoms with Crippen LogP contribution in [0.5, 0.6) is 17.4 Å². The number of pyridine rings is 1. The Hall–Kier alpha value is -1.78. The zero-order valence-electron chi connectivity index (χ0n) is 8.90. The monoisotopic (exact) mass is 211 g/mol. The van der Waals surface area contributed by atoms with Crippen LogP contribution in [-0.2, 0) is 11.2 Å². The van der Waals surface area contributed by atoms with E-state index >= 15 is 0 Å². The van der Waals surface area contributed by atoms with Crippen LogP contribution in [0.4, 0.5) is 0 Å². The number of methoxy groups -OCH3 is 2. The van der Waals surface area contributed by atoms with E-state index in [2.05, 4.69) is 4.98 Å². The van der Waals surface area contributed by atoms with E-state index in [-0.39, 0.29) is 23.8 Å². The van der Waals surface area contributed by atoms with Crippen LogP contribution < -0.4 is 9.47 Å². The van der Waals surface area contributed by atoms with Crippen LogP contribution in [0.25, 0.3) is 0 Å². The van der Waals surface area contributed by atoms with Crippen molar-refractivity contribution in [3.8, 4) is 17.4 Å². The lowest BCUT2D eigenvalue weighted by Gasteiger charge is -2.11. The molecular weight excluding hydrogens is 198 g/mol. The average molecular weight is 211 g/mol. The molecule has 0 bridgehead atoms. The summed E-state index contributed by atoms with van der Waals surface area (Å²) in [6.45, 7) is 1.44. The molecule has 15 heavy (non-hydrogen) atoms. The second-order valence-corrected chi connectivity index (χ2v) is 3.04. The summed E-state index contributed by atoms with van der Waals surface area (Å²) < 4.78 is 10.0. The van der Waals surface area contributed by atoms with Gasteiger partial charge in [-0.3, -0.25) is 4.79 Å². The Morgan fingerprint density at radius 2 is 2.13 bits per heavy atom. The van der Waals surface area contributed by atoms with Gasteiger partial charge >= 0.3 is 0 Å². The fourth-order valence-electron chi connectivity index (χ4n) is 1.28. The van der Waals surface area contributed by atoms with Gasteiger partial charge in [0, 0.05) is 6.42 Å². The molecule has 1 heterocycles. The maximum absolute atomic E-state index is 11.0. The van der Waals surface area contributed by atoms with Crippen molar-refractivity contribution in [1.29, 1.82) is 0 Å². The highest BCUT2D eigenvalue weighted by Gasteiger charge is 2.17. The van der Waals surface area contributed by atoms with Crippen molar-refractivity contribution in [2.24, 2.45) is 0 Å². The van der Waals surface area contributed by atoms with E-state index in [9.17, 15) is 9.90 Å². The van der Waals surface area contributed by atoms with Gasteiger partial charge in [0.15, 0.2) is 5.75 Å². The third-order valence-electron chi connectivity index (χ3n) is 1.90. The molecule has 0 aromatic carbocycles. The Morgan fingerprint density at radius 1 is 1.47 bits per heavy atom. The Balaban J connectivity index is 3.25. The molecule has 0 aliphatic rings. The van der Waals surface area contributed by atoms with Crippen molar-refractivity contribution < 1.29 is 19.4 Å². The summed E-state index contributed by atoms with van der Waals surface area (Å²) in [5.41, 5.74) is 0.400. The molecular formula is C10H13NO4. The molecule has 1 aromatic heterocycles. The third-order valence-corrected chi connectivity index (χ3v) is 1.90. The number of nitrogens with zero attached hydrogens (tertiary/aromatic N) is 1. The molecule has 0 fully saturated rings. The molecule has 0 saturated carbocycles. The Labute approximate surface area is 87.7 Å².